The molecule has 1 aromatic carbocycles. The van der Waals surface area contributed by atoms with E-state index in [0.29, 0.717) is 5.92 Å². The Morgan fingerprint density at radius 3 is 2.41 bits per heavy atom. The van der Waals surface area contributed by atoms with E-state index in [1.807, 2.05) is 30.3 Å². The summed E-state index contributed by atoms with van der Waals surface area (Å²) >= 11 is 0. The third-order valence-electron chi connectivity index (χ3n) is 3.67. The Morgan fingerprint density at radius 1 is 1.12 bits per heavy atom. The Hall–Kier alpha value is -0.860. The van der Waals surface area contributed by atoms with Gasteiger partial charge < -0.3 is 10.0 Å². The Kier molecular flexibility index (Phi) is 4.57. The second kappa shape index (κ2) is 6.18. The van der Waals surface area contributed by atoms with Crippen LogP contribution in [0.1, 0.15) is 37.9 Å². The van der Waals surface area contributed by atoms with Gasteiger partial charge in [0.05, 0.1) is 6.10 Å². The Morgan fingerprint density at radius 2 is 1.76 bits per heavy atom. The van der Waals surface area contributed by atoms with Gasteiger partial charge in [0.15, 0.2) is 0 Å². The summed E-state index contributed by atoms with van der Waals surface area (Å²) in [6.45, 7) is 5.56. The smallest absolute Gasteiger partial charge is 0.0827 e. The number of hydrogen-bond acceptors (Lipinski definition) is 2. The maximum absolute atomic E-state index is 10.3. The summed E-state index contributed by atoms with van der Waals surface area (Å²) in [6.07, 6.45) is 3.66. The van der Waals surface area contributed by atoms with Gasteiger partial charge >= 0.3 is 0 Å². The van der Waals surface area contributed by atoms with Crippen LogP contribution in [0.2, 0.25) is 0 Å². The van der Waals surface area contributed by atoms with Crippen LogP contribution in [0.4, 0.5) is 0 Å². The van der Waals surface area contributed by atoms with Crippen molar-refractivity contribution >= 4 is 0 Å². The van der Waals surface area contributed by atoms with Crippen molar-refractivity contribution in [3.63, 3.8) is 0 Å². The summed E-state index contributed by atoms with van der Waals surface area (Å²) in [4.78, 5) is 2.49. The molecular formula is C15H23NO. The van der Waals surface area contributed by atoms with Crippen molar-refractivity contribution in [3.05, 3.63) is 35.9 Å². The predicted octanol–water partition coefficient (Wildman–Crippen LogP) is 2.84. The van der Waals surface area contributed by atoms with Crippen LogP contribution in [-0.4, -0.2) is 29.6 Å². The van der Waals surface area contributed by atoms with Crippen molar-refractivity contribution in [2.75, 3.05) is 19.6 Å². The molecule has 1 fully saturated rings. The highest BCUT2D eigenvalue weighted by Gasteiger charge is 2.20. The predicted molar refractivity (Wildman–Crippen MR) is 70.9 cm³/mol. The van der Waals surface area contributed by atoms with Gasteiger partial charge in [-0.15, -0.1) is 0 Å². The zero-order valence-electron chi connectivity index (χ0n) is 10.7. The number of likely N-dealkylation sites (tertiary alicyclic amines) is 1. The van der Waals surface area contributed by atoms with E-state index in [1.54, 1.807) is 0 Å². The number of hydrogen-bond donors (Lipinski definition) is 1. The lowest BCUT2D eigenvalue weighted by molar-refractivity contribution is 0.0820. The molecule has 2 heteroatoms. The number of aliphatic hydroxyl groups excluding tert-OH is 1. The molecule has 0 unspecified atom stereocenters. The van der Waals surface area contributed by atoms with Crippen molar-refractivity contribution in [1.29, 1.82) is 0 Å². The fourth-order valence-electron chi connectivity index (χ4n) is 2.63. The number of benzene rings is 1. The second-order valence-electron chi connectivity index (χ2n) is 5.19. The van der Waals surface area contributed by atoms with Crippen molar-refractivity contribution in [2.45, 2.75) is 32.3 Å². The number of piperidine rings is 1. The van der Waals surface area contributed by atoms with Gasteiger partial charge in [0.1, 0.15) is 0 Å². The monoisotopic (exact) mass is 233 g/mol. The second-order valence-corrected chi connectivity index (χ2v) is 5.19. The molecule has 1 N–H and O–H groups in total. The Balaban J connectivity index is 1.88. The van der Waals surface area contributed by atoms with Crippen LogP contribution in [0.25, 0.3) is 0 Å². The maximum atomic E-state index is 10.3. The van der Waals surface area contributed by atoms with E-state index in [2.05, 4.69) is 11.8 Å². The third kappa shape index (κ3) is 3.55. The van der Waals surface area contributed by atoms with Crippen LogP contribution in [0.15, 0.2) is 30.3 Å². The van der Waals surface area contributed by atoms with E-state index < -0.39 is 0 Å². The van der Waals surface area contributed by atoms with Crippen LogP contribution >= 0.6 is 0 Å². The lowest BCUT2D eigenvalue weighted by Gasteiger charge is -2.31. The molecule has 1 aliphatic rings. The molecule has 2 atom stereocenters. The first-order valence-corrected chi connectivity index (χ1v) is 6.73. The zero-order valence-corrected chi connectivity index (χ0v) is 10.7. The molecule has 17 heavy (non-hydrogen) atoms. The molecule has 0 aromatic heterocycles. The molecule has 0 aliphatic carbocycles. The molecule has 0 bridgehead atoms. The molecule has 94 valence electrons. The highest BCUT2D eigenvalue weighted by Crippen LogP contribution is 2.23. The van der Waals surface area contributed by atoms with Crippen molar-refractivity contribution in [2.24, 2.45) is 5.92 Å². The summed E-state index contributed by atoms with van der Waals surface area (Å²) in [6, 6.07) is 10.00. The Labute approximate surface area is 104 Å². The average Bonchev–Trinajstić information content (AvgIpc) is 2.40. The van der Waals surface area contributed by atoms with Gasteiger partial charge in [-0.05, 0) is 37.4 Å². The summed E-state index contributed by atoms with van der Waals surface area (Å²) in [5, 5.41) is 10.3. The van der Waals surface area contributed by atoms with Crippen LogP contribution < -0.4 is 0 Å². The van der Waals surface area contributed by atoms with E-state index in [1.165, 1.54) is 32.4 Å². The first kappa shape index (κ1) is 12.6. The number of rotatable bonds is 4. The molecule has 2 rings (SSSR count). The van der Waals surface area contributed by atoms with Gasteiger partial charge in [0.25, 0.3) is 0 Å². The van der Waals surface area contributed by atoms with Crippen LogP contribution in [0.5, 0.6) is 0 Å². The van der Waals surface area contributed by atoms with Gasteiger partial charge in [0.2, 0.25) is 0 Å². The molecule has 0 amide bonds. The summed E-state index contributed by atoms with van der Waals surface area (Å²) in [7, 11) is 0. The lowest BCUT2D eigenvalue weighted by atomic mass is 9.96. The summed E-state index contributed by atoms with van der Waals surface area (Å²) in [5.41, 5.74) is 1.04. The van der Waals surface area contributed by atoms with E-state index in [-0.39, 0.29) is 6.10 Å². The molecule has 1 heterocycles. The summed E-state index contributed by atoms with van der Waals surface area (Å²) in [5.74, 6) is 0.301. The van der Waals surface area contributed by atoms with Gasteiger partial charge in [-0.3, -0.25) is 0 Å². The van der Waals surface area contributed by atoms with Crippen molar-refractivity contribution in [3.8, 4) is 0 Å². The SMILES string of the molecule is C[C@@H](CN1CCCCC1)[C@H](O)c1ccccc1. The molecule has 1 saturated heterocycles. The minimum absolute atomic E-state index is 0.301. The van der Waals surface area contributed by atoms with Crippen LogP contribution in [-0.2, 0) is 0 Å². The number of nitrogens with zero attached hydrogens (tertiary/aromatic N) is 1. The first-order valence-electron chi connectivity index (χ1n) is 6.73. The average molecular weight is 233 g/mol. The molecular weight excluding hydrogens is 210 g/mol. The lowest BCUT2D eigenvalue weighted by Crippen LogP contribution is -2.35. The van der Waals surface area contributed by atoms with Crippen molar-refractivity contribution < 1.29 is 5.11 Å². The van der Waals surface area contributed by atoms with E-state index in [4.69, 9.17) is 0 Å². The van der Waals surface area contributed by atoms with Gasteiger partial charge in [-0.25, -0.2) is 0 Å². The van der Waals surface area contributed by atoms with Gasteiger partial charge in [-0.2, -0.15) is 0 Å². The molecule has 1 aromatic rings. The molecule has 0 saturated carbocycles. The molecule has 2 nitrogen and oxygen atoms in total. The highest BCUT2D eigenvalue weighted by molar-refractivity contribution is 5.17. The molecule has 0 radical (unpaired) electrons. The minimum atomic E-state index is -0.335. The highest BCUT2D eigenvalue weighted by atomic mass is 16.3. The topological polar surface area (TPSA) is 23.5 Å². The molecule has 0 spiro atoms. The quantitative estimate of drug-likeness (QED) is 0.864. The van der Waals surface area contributed by atoms with Crippen LogP contribution in [0, 0.1) is 5.92 Å². The normalized spacial score (nSPS) is 21.1. The first-order chi connectivity index (χ1) is 8.27. The van der Waals surface area contributed by atoms with E-state index >= 15 is 0 Å². The van der Waals surface area contributed by atoms with Crippen molar-refractivity contribution in [1.82, 2.24) is 4.90 Å². The summed E-state index contributed by atoms with van der Waals surface area (Å²) < 4.78 is 0. The molecule has 1 aliphatic heterocycles. The number of aliphatic hydroxyl groups is 1. The van der Waals surface area contributed by atoms with E-state index in [9.17, 15) is 5.11 Å². The maximum Gasteiger partial charge on any atom is 0.0827 e. The Bertz CT molecular complexity index is 319. The zero-order chi connectivity index (χ0) is 12.1. The third-order valence-corrected chi connectivity index (χ3v) is 3.67. The standard InChI is InChI=1S/C15H23NO/c1-13(12-16-10-6-3-7-11-16)15(17)14-8-4-2-5-9-14/h2,4-5,8-9,13,15,17H,3,6-7,10-12H2,1H3/t13-,15-/m0/s1. The fourth-order valence-corrected chi connectivity index (χ4v) is 2.63. The fraction of sp³-hybridized carbons (Fsp3) is 0.600. The van der Waals surface area contributed by atoms with Crippen LogP contribution in [0.3, 0.4) is 0 Å². The largest absolute Gasteiger partial charge is 0.388 e. The minimum Gasteiger partial charge on any atom is -0.388 e. The van der Waals surface area contributed by atoms with Gasteiger partial charge in [0, 0.05) is 6.54 Å². The van der Waals surface area contributed by atoms with E-state index in [0.717, 1.165) is 12.1 Å². The van der Waals surface area contributed by atoms with Gasteiger partial charge in [-0.1, -0.05) is 43.7 Å².